The van der Waals surface area contributed by atoms with Crippen LogP contribution in [0.25, 0.3) is 0 Å². The Labute approximate surface area is 175 Å². The molecule has 154 valence electrons. The minimum absolute atomic E-state index is 0.0107. The Morgan fingerprint density at radius 1 is 1.18 bits per heavy atom. The van der Waals surface area contributed by atoms with Crippen LogP contribution < -0.4 is 5.32 Å². The van der Waals surface area contributed by atoms with Crippen molar-refractivity contribution in [3.8, 4) is 0 Å². The normalized spacial score (nSPS) is 20.4. The highest BCUT2D eigenvalue weighted by Gasteiger charge is 2.33. The Kier molecular flexibility index (Phi) is 8.63. The molecule has 0 unspecified atom stereocenters. The first-order valence-corrected chi connectivity index (χ1v) is 11.0. The number of likely N-dealkylation sites (tertiary alicyclic amines) is 1. The lowest BCUT2D eigenvalue weighted by molar-refractivity contribution is -0.160. The van der Waals surface area contributed by atoms with E-state index < -0.39 is 12.1 Å². The van der Waals surface area contributed by atoms with E-state index in [4.69, 9.17) is 16.3 Å². The minimum atomic E-state index is -0.820. The first-order valence-electron chi connectivity index (χ1n) is 9.42. The van der Waals surface area contributed by atoms with Gasteiger partial charge < -0.3 is 15.0 Å². The summed E-state index contributed by atoms with van der Waals surface area (Å²) < 4.78 is 5.28. The summed E-state index contributed by atoms with van der Waals surface area (Å²) in [5, 5.41) is 3.31. The van der Waals surface area contributed by atoms with Crippen LogP contribution in [0.4, 0.5) is 5.69 Å². The predicted octanol–water partition coefficient (Wildman–Crippen LogP) is 3.73. The van der Waals surface area contributed by atoms with Gasteiger partial charge in [0.05, 0.1) is 11.5 Å². The lowest BCUT2D eigenvalue weighted by Gasteiger charge is -2.40. The Morgan fingerprint density at radius 2 is 1.79 bits per heavy atom. The predicted molar refractivity (Wildman–Crippen MR) is 113 cm³/mol. The molecular weight excluding hydrogens is 400 g/mol. The van der Waals surface area contributed by atoms with E-state index >= 15 is 0 Å². The second kappa shape index (κ2) is 10.7. The largest absolute Gasteiger partial charge is 0.452 e. The molecule has 0 aliphatic carbocycles. The number of ether oxygens (including phenoxy) is 1. The van der Waals surface area contributed by atoms with E-state index in [0.717, 1.165) is 31.0 Å². The van der Waals surface area contributed by atoms with Gasteiger partial charge in [-0.1, -0.05) is 11.6 Å². The van der Waals surface area contributed by atoms with Gasteiger partial charge in [0, 0.05) is 22.8 Å². The minimum Gasteiger partial charge on any atom is -0.452 e. The number of carbonyl (C=O) groups is 3. The van der Waals surface area contributed by atoms with Crippen LogP contribution in [0.1, 0.15) is 40.0 Å². The van der Waals surface area contributed by atoms with Crippen LogP contribution >= 0.6 is 23.4 Å². The lowest BCUT2D eigenvalue weighted by Crippen LogP contribution is -2.51. The number of anilines is 1. The highest BCUT2D eigenvalue weighted by Crippen LogP contribution is 2.23. The number of hydrogen-bond donors (Lipinski definition) is 1. The summed E-state index contributed by atoms with van der Waals surface area (Å²) >= 11 is 6.95. The van der Waals surface area contributed by atoms with Crippen molar-refractivity contribution in [1.82, 2.24) is 4.90 Å². The second-order valence-electron chi connectivity index (χ2n) is 7.05. The zero-order chi connectivity index (χ0) is 20.7. The number of rotatable bonds is 7. The Bertz CT molecular complexity index is 688. The maximum Gasteiger partial charge on any atom is 0.316 e. The maximum absolute atomic E-state index is 12.6. The monoisotopic (exact) mass is 426 g/mol. The molecule has 2 amide bonds. The van der Waals surface area contributed by atoms with Crippen molar-refractivity contribution in [2.45, 2.75) is 58.2 Å². The molecule has 1 N–H and O–H groups in total. The average Bonchev–Trinajstić information content (AvgIpc) is 2.63. The van der Waals surface area contributed by atoms with E-state index in [9.17, 15) is 14.4 Å². The summed E-state index contributed by atoms with van der Waals surface area (Å²) in [6, 6.07) is 7.09. The van der Waals surface area contributed by atoms with Gasteiger partial charge in [0.1, 0.15) is 0 Å². The molecule has 28 heavy (non-hydrogen) atoms. The van der Waals surface area contributed by atoms with Gasteiger partial charge in [0.25, 0.3) is 5.91 Å². The molecule has 3 atom stereocenters. The molecular formula is C20H27ClN2O4S. The van der Waals surface area contributed by atoms with Crippen LogP contribution in [-0.4, -0.2) is 52.4 Å². The molecule has 1 aromatic rings. The van der Waals surface area contributed by atoms with Gasteiger partial charge in [-0.2, -0.15) is 0 Å². The molecule has 0 radical (unpaired) electrons. The smallest absolute Gasteiger partial charge is 0.316 e. The fourth-order valence-corrected chi connectivity index (χ4v) is 4.02. The molecule has 1 aliphatic rings. The quantitative estimate of drug-likeness (QED) is 0.672. The topological polar surface area (TPSA) is 75.7 Å². The second-order valence-corrected chi connectivity index (χ2v) is 8.48. The fraction of sp³-hybridized carbons (Fsp3) is 0.550. The summed E-state index contributed by atoms with van der Waals surface area (Å²) in [4.78, 5) is 38.4. The van der Waals surface area contributed by atoms with E-state index in [1.54, 1.807) is 31.2 Å². The van der Waals surface area contributed by atoms with E-state index in [1.165, 1.54) is 0 Å². The highest BCUT2D eigenvalue weighted by atomic mass is 35.5. The molecule has 1 aliphatic heterocycles. The molecule has 1 aromatic carbocycles. The number of amides is 2. The van der Waals surface area contributed by atoms with E-state index in [0.29, 0.717) is 10.7 Å². The van der Waals surface area contributed by atoms with Gasteiger partial charge in [0.15, 0.2) is 6.10 Å². The van der Waals surface area contributed by atoms with Crippen LogP contribution in [0.2, 0.25) is 5.02 Å². The van der Waals surface area contributed by atoms with Crippen LogP contribution in [-0.2, 0) is 19.1 Å². The number of esters is 1. The Balaban J connectivity index is 1.71. The van der Waals surface area contributed by atoms with Crippen molar-refractivity contribution in [3.63, 3.8) is 0 Å². The lowest BCUT2D eigenvalue weighted by atomic mass is 9.97. The zero-order valence-electron chi connectivity index (χ0n) is 16.4. The summed E-state index contributed by atoms with van der Waals surface area (Å²) in [6.07, 6.45) is 2.22. The number of piperidine rings is 1. The number of nitrogens with one attached hydrogen (secondary N) is 1. The number of thioether (sulfide) groups is 1. The van der Waals surface area contributed by atoms with Gasteiger partial charge in [-0.05, 0) is 64.3 Å². The number of carbonyl (C=O) groups excluding carboxylic acids is 3. The summed E-state index contributed by atoms with van der Waals surface area (Å²) in [6.45, 7) is 5.65. The van der Waals surface area contributed by atoms with Crippen LogP contribution in [0.15, 0.2) is 24.3 Å². The molecule has 0 bridgehead atoms. The Hall–Kier alpha value is -1.73. The van der Waals surface area contributed by atoms with Gasteiger partial charge >= 0.3 is 5.97 Å². The van der Waals surface area contributed by atoms with Crippen molar-refractivity contribution >= 4 is 46.8 Å². The number of hydrogen-bond acceptors (Lipinski definition) is 5. The molecule has 2 rings (SSSR count). The molecule has 1 heterocycles. The molecule has 0 spiro atoms. The SMILES string of the molecule is C[C@H](OC(=O)CSCC(=O)Nc1ccc(Cl)cc1)C(=O)N1[C@@H](C)CCC[C@@H]1C. The zero-order valence-corrected chi connectivity index (χ0v) is 18.0. The molecule has 6 nitrogen and oxygen atoms in total. The first kappa shape index (κ1) is 22.6. The van der Waals surface area contributed by atoms with Crippen molar-refractivity contribution in [2.24, 2.45) is 0 Å². The third-order valence-corrected chi connectivity index (χ3v) is 5.84. The summed E-state index contributed by atoms with van der Waals surface area (Å²) in [5.41, 5.74) is 0.640. The highest BCUT2D eigenvalue weighted by molar-refractivity contribution is 8.00. The van der Waals surface area contributed by atoms with E-state index in [-0.39, 0.29) is 35.4 Å². The number of halogens is 1. The molecule has 1 saturated heterocycles. The number of benzene rings is 1. The standard InChI is InChI=1S/C20H27ClN2O4S/c1-13-5-4-6-14(2)23(13)20(26)15(3)27-19(25)12-28-11-18(24)22-17-9-7-16(21)8-10-17/h7-10,13-15H,4-6,11-12H2,1-3H3,(H,22,24)/t13-,14-,15-/m0/s1. The molecule has 1 fully saturated rings. The molecule has 8 heteroatoms. The third kappa shape index (κ3) is 6.71. The Morgan fingerprint density at radius 3 is 2.39 bits per heavy atom. The molecule has 0 aromatic heterocycles. The summed E-state index contributed by atoms with van der Waals surface area (Å²) in [7, 11) is 0. The molecule has 0 saturated carbocycles. The van der Waals surface area contributed by atoms with Crippen LogP contribution in [0, 0.1) is 0 Å². The number of nitrogens with zero attached hydrogens (tertiary/aromatic N) is 1. The van der Waals surface area contributed by atoms with Gasteiger partial charge in [0.2, 0.25) is 5.91 Å². The van der Waals surface area contributed by atoms with Gasteiger partial charge in [-0.3, -0.25) is 14.4 Å². The van der Waals surface area contributed by atoms with Gasteiger partial charge in [-0.15, -0.1) is 11.8 Å². The van der Waals surface area contributed by atoms with E-state index in [1.807, 2.05) is 18.7 Å². The maximum atomic E-state index is 12.6. The average molecular weight is 427 g/mol. The fourth-order valence-electron chi connectivity index (χ4n) is 3.30. The van der Waals surface area contributed by atoms with Crippen molar-refractivity contribution < 1.29 is 19.1 Å². The third-order valence-electron chi connectivity index (χ3n) is 4.69. The van der Waals surface area contributed by atoms with Crippen molar-refractivity contribution in [1.29, 1.82) is 0 Å². The van der Waals surface area contributed by atoms with Crippen LogP contribution in [0.5, 0.6) is 0 Å². The van der Waals surface area contributed by atoms with E-state index in [2.05, 4.69) is 5.32 Å². The van der Waals surface area contributed by atoms with Gasteiger partial charge in [-0.25, -0.2) is 0 Å². The van der Waals surface area contributed by atoms with Crippen LogP contribution in [0.3, 0.4) is 0 Å². The summed E-state index contributed by atoms with van der Waals surface area (Å²) in [5.74, 6) is -0.752. The first-order chi connectivity index (χ1) is 13.3. The van der Waals surface area contributed by atoms with Crippen molar-refractivity contribution in [3.05, 3.63) is 29.3 Å². The van der Waals surface area contributed by atoms with Crippen molar-refractivity contribution in [2.75, 3.05) is 16.8 Å².